The number of hydrogen-bond acceptors (Lipinski definition) is 1. The molecule has 1 aliphatic rings. The Labute approximate surface area is 60.3 Å². The van der Waals surface area contributed by atoms with E-state index in [1.807, 2.05) is 0 Å². The Bertz CT molecular complexity index is 54.4. The summed E-state index contributed by atoms with van der Waals surface area (Å²) < 4.78 is 0. The molecule has 0 atom stereocenters. The molecular weight excluding hydrogens is 138 g/mol. The molecule has 1 rings (SSSR count). The van der Waals surface area contributed by atoms with Gasteiger partial charge in [0, 0.05) is 10.2 Å². The summed E-state index contributed by atoms with van der Waals surface area (Å²) in [6.07, 6.45) is 4.28. The molecule has 3 heteroatoms. The fraction of sp³-hybridized carbons (Fsp3) is 1.00. The third-order valence-electron chi connectivity index (χ3n) is 1.65. The number of likely N-dealkylation sites (tertiary alicyclic amines) is 1. The van der Waals surface area contributed by atoms with Gasteiger partial charge < -0.3 is 4.90 Å². The smallest absolute Gasteiger partial charge is 0.0205 e. The van der Waals surface area contributed by atoms with Crippen LogP contribution >= 0.6 is 12.4 Å². The molecule has 0 bridgehead atoms. The van der Waals surface area contributed by atoms with E-state index in [2.05, 4.69) is 4.90 Å². The zero-order valence-corrected chi connectivity index (χ0v) is 8.21. The third kappa shape index (κ3) is 2.16. The summed E-state index contributed by atoms with van der Waals surface area (Å²) in [6, 6.07) is 0. The first-order chi connectivity index (χ1) is 3.43. The highest BCUT2D eigenvalue weighted by atomic mass is 35.5. The number of hydrogen-bond donors (Lipinski definition) is 0. The largest absolute Gasteiger partial charge is 0.307 e. The summed E-state index contributed by atoms with van der Waals surface area (Å²) in [5, 5.41) is 0. The van der Waals surface area contributed by atoms with Gasteiger partial charge in [0.15, 0.2) is 0 Å². The highest BCUT2D eigenvalue weighted by Gasteiger charge is 2.06. The maximum Gasteiger partial charge on any atom is 0.0205 e. The van der Waals surface area contributed by atoms with Crippen LogP contribution in [0.15, 0.2) is 0 Å². The second kappa shape index (κ2) is 4.36. The first-order valence-corrected chi connectivity index (χ1v) is 4.57. The molecule has 0 amide bonds. The lowest BCUT2D eigenvalue weighted by Crippen LogP contribution is -2.19. The molecular formula is C5H14ClNSi. The van der Waals surface area contributed by atoms with Crippen molar-refractivity contribution in [3.05, 3.63) is 0 Å². The van der Waals surface area contributed by atoms with Crippen LogP contribution in [0.25, 0.3) is 0 Å². The number of halogens is 1. The van der Waals surface area contributed by atoms with Crippen LogP contribution < -0.4 is 0 Å². The van der Waals surface area contributed by atoms with E-state index in [-0.39, 0.29) is 12.4 Å². The summed E-state index contributed by atoms with van der Waals surface area (Å²) in [5.74, 6) is 0. The van der Waals surface area contributed by atoms with Gasteiger partial charge >= 0.3 is 0 Å². The highest BCUT2D eigenvalue weighted by Crippen LogP contribution is 2.04. The monoisotopic (exact) mass is 151 g/mol. The second-order valence-electron chi connectivity index (χ2n) is 2.14. The van der Waals surface area contributed by atoms with Crippen molar-refractivity contribution < 1.29 is 0 Å². The number of rotatable bonds is 1. The highest BCUT2D eigenvalue weighted by molar-refractivity contribution is 6.08. The molecule has 1 saturated heterocycles. The Hall–Kier alpha value is 0.467. The van der Waals surface area contributed by atoms with Gasteiger partial charge in [0.2, 0.25) is 0 Å². The molecule has 1 nitrogen and oxygen atoms in total. The number of nitrogens with zero attached hydrogens (tertiary/aromatic N) is 1. The van der Waals surface area contributed by atoms with Crippen molar-refractivity contribution in [2.75, 3.05) is 19.3 Å². The Balaban J connectivity index is 0.000000490. The molecule has 0 radical (unpaired) electrons. The first-order valence-electron chi connectivity index (χ1n) is 3.16. The Morgan fingerprint density at radius 3 is 2.00 bits per heavy atom. The lowest BCUT2D eigenvalue weighted by molar-refractivity contribution is 0.397. The van der Waals surface area contributed by atoms with Gasteiger partial charge in [-0.2, -0.15) is 0 Å². The van der Waals surface area contributed by atoms with Crippen LogP contribution in [0.4, 0.5) is 0 Å². The Morgan fingerprint density at radius 1 is 1.25 bits per heavy atom. The van der Waals surface area contributed by atoms with Gasteiger partial charge in [-0.05, 0) is 32.1 Å². The predicted octanol–water partition coefficient (Wildman–Crippen LogP) is -0.173. The molecule has 1 heterocycles. The topological polar surface area (TPSA) is 3.24 Å². The van der Waals surface area contributed by atoms with E-state index < -0.39 is 0 Å². The molecule has 0 spiro atoms. The van der Waals surface area contributed by atoms with E-state index in [1.165, 1.54) is 42.3 Å². The summed E-state index contributed by atoms with van der Waals surface area (Å²) in [7, 11) is 1.36. The van der Waals surface area contributed by atoms with Gasteiger partial charge in [0.25, 0.3) is 0 Å². The van der Waals surface area contributed by atoms with Gasteiger partial charge in [-0.1, -0.05) is 0 Å². The molecule has 0 aromatic carbocycles. The molecule has 0 aliphatic carbocycles. The van der Waals surface area contributed by atoms with Gasteiger partial charge in [0.1, 0.15) is 0 Å². The maximum absolute atomic E-state index is 2.55. The minimum atomic E-state index is 0. The van der Waals surface area contributed by atoms with E-state index in [0.717, 1.165) is 0 Å². The summed E-state index contributed by atoms with van der Waals surface area (Å²) in [4.78, 5) is 2.55. The lowest BCUT2D eigenvalue weighted by Gasteiger charge is -2.08. The SMILES string of the molecule is Cl.[SiH3]CN1CCCC1. The normalized spacial score (nSPS) is 21.0. The van der Waals surface area contributed by atoms with Crippen LogP contribution in [0, 0.1) is 0 Å². The van der Waals surface area contributed by atoms with Crippen molar-refractivity contribution in [2.45, 2.75) is 12.8 Å². The van der Waals surface area contributed by atoms with Crippen molar-refractivity contribution >= 4 is 22.6 Å². The van der Waals surface area contributed by atoms with Crippen LogP contribution in [-0.4, -0.2) is 34.4 Å². The van der Waals surface area contributed by atoms with Gasteiger partial charge in [0.05, 0.1) is 0 Å². The van der Waals surface area contributed by atoms with Gasteiger partial charge in [-0.25, -0.2) is 0 Å². The minimum absolute atomic E-state index is 0. The molecule has 8 heavy (non-hydrogen) atoms. The molecule has 1 aliphatic heterocycles. The molecule has 0 N–H and O–H groups in total. The molecule has 50 valence electrons. The Kier molecular flexibility index (Phi) is 4.61. The zero-order valence-electron chi connectivity index (χ0n) is 5.39. The summed E-state index contributed by atoms with van der Waals surface area (Å²) in [5.41, 5.74) is 0. The van der Waals surface area contributed by atoms with Crippen molar-refractivity contribution in [1.82, 2.24) is 4.90 Å². The third-order valence-corrected chi connectivity index (χ3v) is 2.54. The van der Waals surface area contributed by atoms with Crippen LogP contribution in [0.1, 0.15) is 12.8 Å². The van der Waals surface area contributed by atoms with Crippen LogP contribution in [0.2, 0.25) is 0 Å². The molecule has 0 aromatic rings. The molecule has 0 saturated carbocycles. The fourth-order valence-electron chi connectivity index (χ4n) is 1.10. The summed E-state index contributed by atoms with van der Waals surface area (Å²) in [6.45, 7) is 2.76. The minimum Gasteiger partial charge on any atom is -0.307 e. The van der Waals surface area contributed by atoms with E-state index >= 15 is 0 Å². The van der Waals surface area contributed by atoms with Crippen LogP contribution in [0.3, 0.4) is 0 Å². The summed E-state index contributed by atoms with van der Waals surface area (Å²) >= 11 is 0. The molecule has 1 fully saturated rings. The van der Waals surface area contributed by atoms with E-state index in [4.69, 9.17) is 0 Å². The fourth-order valence-corrected chi connectivity index (χ4v) is 1.73. The molecule has 0 aromatic heterocycles. The van der Waals surface area contributed by atoms with E-state index in [9.17, 15) is 0 Å². The average molecular weight is 152 g/mol. The quantitative estimate of drug-likeness (QED) is 0.471. The maximum atomic E-state index is 2.55. The van der Waals surface area contributed by atoms with Crippen molar-refractivity contribution in [1.29, 1.82) is 0 Å². The van der Waals surface area contributed by atoms with E-state index in [1.54, 1.807) is 0 Å². The lowest BCUT2D eigenvalue weighted by atomic mass is 10.4. The standard InChI is InChI=1S/C5H13NSi.ClH/c7-5-6-3-1-2-4-6;/h1-5H2,7H3;1H. The average Bonchev–Trinajstić information content (AvgIpc) is 2.14. The second-order valence-corrected chi connectivity index (χ2v) is 2.77. The van der Waals surface area contributed by atoms with Gasteiger partial charge in [-0.3, -0.25) is 0 Å². The van der Waals surface area contributed by atoms with Gasteiger partial charge in [-0.15, -0.1) is 12.4 Å². The molecule has 0 unspecified atom stereocenters. The Morgan fingerprint density at radius 2 is 1.75 bits per heavy atom. The van der Waals surface area contributed by atoms with Crippen molar-refractivity contribution in [3.63, 3.8) is 0 Å². The van der Waals surface area contributed by atoms with E-state index in [0.29, 0.717) is 0 Å². The van der Waals surface area contributed by atoms with Crippen LogP contribution in [0.5, 0.6) is 0 Å². The van der Waals surface area contributed by atoms with Crippen molar-refractivity contribution in [3.8, 4) is 0 Å². The van der Waals surface area contributed by atoms with Crippen LogP contribution in [-0.2, 0) is 0 Å². The van der Waals surface area contributed by atoms with Crippen molar-refractivity contribution in [2.24, 2.45) is 0 Å². The predicted molar refractivity (Wildman–Crippen MR) is 42.9 cm³/mol. The zero-order chi connectivity index (χ0) is 5.11. The first kappa shape index (κ1) is 8.47.